The van der Waals surface area contributed by atoms with Crippen LogP contribution in [0, 0.1) is 0 Å². The van der Waals surface area contributed by atoms with Gasteiger partial charge in [0.05, 0.1) is 12.4 Å². The summed E-state index contributed by atoms with van der Waals surface area (Å²) < 4.78 is 13.7. The maximum absolute atomic E-state index is 12.4. The number of fused-ring (bicyclic) bond motifs is 1. The first-order valence-corrected chi connectivity index (χ1v) is 9.73. The molecule has 1 aliphatic rings. The van der Waals surface area contributed by atoms with Gasteiger partial charge in [0.2, 0.25) is 0 Å². The van der Waals surface area contributed by atoms with Crippen molar-refractivity contribution in [1.29, 1.82) is 0 Å². The number of aromatic nitrogens is 2. The van der Waals surface area contributed by atoms with Crippen LogP contribution in [0.3, 0.4) is 0 Å². The average Bonchev–Trinajstić information content (AvgIpc) is 3.33. The number of imidazole rings is 1. The molecule has 2 aromatic carbocycles. The fourth-order valence-corrected chi connectivity index (χ4v) is 3.56. The van der Waals surface area contributed by atoms with Gasteiger partial charge in [0, 0.05) is 30.1 Å². The van der Waals surface area contributed by atoms with Gasteiger partial charge in [-0.2, -0.15) is 0 Å². The van der Waals surface area contributed by atoms with Gasteiger partial charge in [-0.05, 0) is 44.5 Å². The Bertz CT molecular complexity index is 995. The maximum Gasteiger partial charge on any atom is 0.258 e. The Labute approximate surface area is 170 Å². The highest BCUT2D eigenvalue weighted by Crippen LogP contribution is 2.41. The first-order chi connectivity index (χ1) is 13.9. The fourth-order valence-electron chi connectivity index (χ4n) is 3.56. The number of hydrogen-bond acceptors (Lipinski definition) is 4. The summed E-state index contributed by atoms with van der Waals surface area (Å²) in [6, 6.07) is 13.7. The lowest BCUT2D eigenvalue weighted by atomic mass is 10.0. The van der Waals surface area contributed by atoms with E-state index in [1.807, 2.05) is 74.0 Å². The Morgan fingerprint density at radius 1 is 1.28 bits per heavy atom. The van der Waals surface area contributed by atoms with Gasteiger partial charge in [-0.3, -0.25) is 4.79 Å². The number of nitrogens with one attached hydrogen (secondary N) is 1. The highest BCUT2D eigenvalue weighted by Gasteiger charge is 2.32. The Hall–Kier alpha value is -3.28. The number of carbonyl (C=O) groups is 1. The first-order valence-electron chi connectivity index (χ1n) is 9.73. The number of nitrogens with zero attached hydrogens (tertiary/aromatic N) is 2. The molecule has 0 spiro atoms. The van der Waals surface area contributed by atoms with Crippen molar-refractivity contribution in [2.45, 2.75) is 38.8 Å². The summed E-state index contributed by atoms with van der Waals surface area (Å²) in [5.74, 6) is 1.18. The van der Waals surface area contributed by atoms with Crippen molar-refractivity contribution in [2.24, 2.45) is 0 Å². The standard InChI is InChI=1S/C23H25N3O3/c1-16(17-7-9-19(10-8-17)26-12-11-24-15-26)25-21(27)14-28-20-6-4-5-18-13-23(2,3)29-22(18)20/h4-12,15-16H,13-14H2,1-3H3,(H,25,27). The number of hydrogen-bond donors (Lipinski definition) is 1. The molecule has 1 aliphatic heterocycles. The number of carbonyl (C=O) groups excluding carboxylic acids is 1. The fraction of sp³-hybridized carbons (Fsp3) is 0.304. The molecular weight excluding hydrogens is 366 g/mol. The van der Waals surface area contributed by atoms with Crippen LogP contribution >= 0.6 is 0 Å². The summed E-state index contributed by atoms with van der Waals surface area (Å²) in [5, 5.41) is 2.98. The van der Waals surface area contributed by atoms with Crippen molar-refractivity contribution < 1.29 is 14.3 Å². The van der Waals surface area contributed by atoms with Gasteiger partial charge in [-0.1, -0.05) is 24.3 Å². The maximum atomic E-state index is 12.4. The molecule has 0 bridgehead atoms. The second-order valence-corrected chi connectivity index (χ2v) is 7.92. The minimum Gasteiger partial charge on any atom is -0.483 e. The lowest BCUT2D eigenvalue weighted by molar-refractivity contribution is -0.123. The van der Waals surface area contributed by atoms with Crippen LogP contribution < -0.4 is 14.8 Å². The molecule has 4 rings (SSSR count). The van der Waals surface area contributed by atoms with Gasteiger partial charge in [-0.25, -0.2) is 4.98 Å². The van der Waals surface area contributed by atoms with E-state index < -0.39 is 0 Å². The molecule has 6 heteroatoms. The van der Waals surface area contributed by atoms with Gasteiger partial charge >= 0.3 is 0 Å². The summed E-state index contributed by atoms with van der Waals surface area (Å²) >= 11 is 0. The summed E-state index contributed by atoms with van der Waals surface area (Å²) in [5.41, 5.74) is 2.91. The highest BCUT2D eigenvalue weighted by atomic mass is 16.5. The zero-order valence-corrected chi connectivity index (χ0v) is 16.9. The molecule has 1 aromatic heterocycles. The lowest BCUT2D eigenvalue weighted by Gasteiger charge is -2.18. The molecule has 3 aromatic rings. The van der Waals surface area contributed by atoms with Crippen molar-refractivity contribution in [3.8, 4) is 17.2 Å². The topological polar surface area (TPSA) is 65.4 Å². The van der Waals surface area contributed by atoms with E-state index in [2.05, 4.69) is 10.3 Å². The van der Waals surface area contributed by atoms with E-state index in [4.69, 9.17) is 9.47 Å². The third-order valence-corrected chi connectivity index (χ3v) is 4.99. The lowest BCUT2D eigenvalue weighted by Crippen LogP contribution is -2.31. The predicted molar refractivity (Wildman–Crippen MR) is 110 cm³/mol. The largest absolute Gasteiger partial charge is 0.483 e. The molecule has 0 saturated carbocycles. The van der Waals surface area contributed by atoms with Crippen molar-refractivity contribution in [1.82, 2.24) is 14.9 Å². The molecule has 0 fully saturated rings. The molecule has 0 saturated heterocycles. The van der Waals surface area contributed by atoms with Crippen LogP contribution in [0.5, 0.6) is 11.5 Å². The van der Waals surface area contributed by atoms with Crippen LogP contribution in [0.1, 0.15) is 37.9 Å². The summed E-state index contributed by atoms with van der Waals surface area (Å²) in [6.45, 7) is 5.99. The molecular formula is C23H25N3O3. The third-order valence-electron chi connectivity index (χ3n) is 4.99. The Morgan fingerprint density at radius 3 is 2.79 bits per heavy atom. The molecule has 0 aliphatic carbocycles. The molecule has 6 nitrogen and oxygen atoms in total. The van der Waals surface area contributed by atoms with E-state index >= 15 is 0 Å². The van der Waals surface area contributed by atoms with Crippen LogP contribution in [0.15, 0.2) is 61.2 Å². The van der Waals surface area contributed by atoms with E-state index in [-0.39, 0.29) is 24.2 Å². The molecule has 2 heterocycles. The summed E-state index contributed by atoms with van der Waals surface area (Å²) in [4.78, 5) is 16.4. The third kappa shape index (κ3) is 4.26. The second-order valence-electron chi connectivity index (χ2n) is 7.92. The quantitative estimate of drug-likeness (QED) is 0.693. The van der Waals surface area contributed by atoms with Gasteiger partial charge in [0.25, 0.3) is 5.91 Å². The van der Waals surface area contributed by atoms with E-state index in [1.165, 1.54) is 0 Å². The average molecular weight is 391 g/mol. The molecule has 29 heavy (non-hydrogen) atoms. The minimum absolute atomic E-state index is 0.0578. The van der Waals surface area contributed by atoms with Crippen LogP contribution in [-0.4, -0.2) is 27.7 Å². The van der Waals surface area contributed by atoms with Crippen LogP contribution in [0.2, 0.25) is 0 Å². The molecule has 1 N–H and O–H groups in total. The Balaban J connectivity index is 1.34. The van der Waals surface area contributed by atoms with Crippen LogP contribution in [0.4, 0.5) is 0 Å². The number of benzene rings is 2. The van der Waals surface area contributed by atoms with Crippen molar-refractivity contribution >= 4 is 5.91 Å². The van der Waals surface area contributed by atoms with Gasteiger partial charge in [0.1, 0.15) is 5.60 Å². The molecule has 0 radical (unpaired) electrons. The molecule has 1 unspecified atom stereocenters. The van der Waals surface area contributed by atoms with Crippen molar-refractivity contribution in [3.63, 3.8) is 0 Å². The van der Waals surface area contributed by atoms with E-state index in [9.17, 15) is 4.79 Å². The van der Waals surface area contributed by atoms with E-state index in [0.29, 0.717) is 5.75 Å². The Kier molecular flexibility index (Phi) is 5.01. The summed E-state index contributed by atoms with van der Waals surface area (Å²) in [6.07, 6.45) is 6.22. The molecule has 1 amide bonds. The SMILES string of the molecule is CC(NC(=O)COc1cccc2c1OC(C)(C)C2)c1ccc(-n2ccnc2)cc1. The van der Waals surface area contributed by atoms with Gasteiger partial charge < -0.3 is 19.4 Å². The highest BCUT2D eigenvalue weighted by molar-refractivity contribution is 5.78. The van der Waals surface area contributed by atoms with E-state index in [1.54, 1.807) is 12.5 Å². The zero-order valence-electron chi connectivity index (χ0n) is 16.9. The summed E-state index contributed by atoms with van der Waals surface area (Å²) in [7, 11) is 0. The van der Waals surface area contributed by atoms with Crippen LogP contribution in [0.25, 0.3) is 5.69 Å². The number of rotatable bonds is 6. The smallest absolute Gasteiger partial charge is 0.258 e. The van der Waals surface area contributed by atoms with Crippen LogP contribution in [-0.2, 0) is 11.2 Å². The first kappa shape index (κ1) is 19.1. The molecule has 150 valence electrons. The van der Waals surface area contributed by atoms with E-state index in [0.717, 1.165) is 29.0 Å². The normalized spacial score (nSPS) is 15.3. The van der Waals surface area contributed by atoms with Crippen molar-refractivity contribution in [2.75, 3.05) is 6.61 Å². The number of amides is 1. The monoisotopic (exact) mass is 391 g/mol. The number of ether oxygens (including phenoxy) is 2. The Morgan fingerprint density at radius 2 is 2.07 bits per heavy atom. The van der Waals surface area contributed by atoms with Gasteiger partial charge in [-0.15, -0.1) is 0 Å². The number of para-hydroxylation sites is 1. The molecule has 1 atom stereocenters. The second kappa shape index (κ2) is 7.62. The predicted octanol–water partition coefficient (Wildman–Crippen LogP) is 3.84. The minimum atomic E-state index is -0.249. The van der Waals surface area contributed by atoms with Gasteiger partial charge in [0.15, 0.2) is 18.1 Å². The zero-order chi connectivity index (χ0) is 20.4. The van der Waals surface area contributed by atoms with Crippen molar-refractivity contribution in [3.05, 3.63) is 72.3 Å².